The fraction of sp³-hybridized carbons (Fsp3) is 0.538. The molecule has 104 valence electrons. The highest BCUT2D eigenvalue weighted by Crippen LogP contribution is 2.13. The summed E-state index contributed by atoms with van der Waals surface area (Å²) >= 11 is 0. The van der Waals surface area contributed by atoms with Gasteiger partial charge in [0.25, 0.3) is 0 Å². The molecule has 0 aromatic carbocycles. The van der Waals surface area contributed by atoms with E-state index >= 15 is 0 Å². The molecular weight excluding hydrogens is 244 g/mol. The number of nitrogens with one attached hydrogen (secondary N) is 1. The van der Waals surface area contributed by atoms with Gasteiger partial charge in [0.05, 0.1) is 6.10 Å². The number of nitrogens with zero attached hydrogens (tertiary/aromatic N) is 2. The number of amidine groups is 1. The zero-order valence-electron chi connectivity index (χ0n) is 11.0. The molecule has 0 spiro atoms. The molecule has 1 aromatic heterocycles. The van der Waals surface area contributed by atoms with E-state index in [1.807, 2.05) is 12.1 Å². The van der Waals surface area contributed by atoms with E-state index in [9.17, 15) is 0 Å². The Kier molecular flexibility index (Phi) is 4.70. The maximum absolute atomic E-state index is 8.64. The first-order valence-corrected chi connectivity index (χ1v) is 6.47. The quantitative estimate of drug-likeness (QED) is 0.324. The van der Waals surface area contributed by atoms with Crippen LogP contribution in [0.15, 0.2) is 23.5 Å². The number of pyridine rings is 1. The average Bonchev–Trinajstić information content (AvgIpc) is 2.45. The lowest BCUT2D eigenvalue weighted by atomic mass is 10.0. The van der Waals surface area contributed by atoms with Crippen molar-refractivity contribution >= 4 is 5.84 Å². The number of nitrogens with two attached hydrogens (primary N) is 1. The van der Waals surface area contributed by atoms with Gasteiger partial charge in [0.2, 0.25) is 0 Å². The molecule has 4 N–H and O–H groups in total. The molecule has 6 heteroatoms. The third kappa shape index (κ3) is 3.90. The van der Waals surface area contributed by atoms with E-state index in [4.69, 9.17) is 15.7 Å². The molecule has 1 aliphatic heterocycles. The highest BCUT2D eigenvalue weighted by molar-refractivity contribution is 5.95. The molecule has 6 nitrogen and oxygen atoms in total. The molecule has 0 radical (unpaired) electrons. The van der Waals surface area contributed by atoms with Gasteiger partial charge in [0, 0.05) is 25.4 Å². The fourth-order valence-electron chi connectivity index (χ4n) is 2.22. The Morgan fingerprint density at radius 3 is 3.26 bits per heavy atom. The lowest BCUT2D eigenvalue weighted by Gasteiger charge is -2.28. The minimum atomic E-state index is 0.0292. The van der Waals surface area contributed by atoms with Crippen molar-refractivity contribution in [1.29, 1.82) is 0 Å². The zero-order chi connectivity index (χ0) is 13.7. The Morgan fingerprint density at radius 1 is 1.68 bits per heavy atom. The van der Waals surface area contributed by atoms with Crippen LogP contribution >= 0.6 is 0 Å². The van der Waals surface area contributed by atoms with Crippen molar-refractivity contribution in [1.82, 2.24) is 10.3 Å². The number of hydrogen-bond donors (Lipinski definition) is 3. The summed E-state index contributed by atoms with van der Waals surface area (Å²) in [5.41, 5.74) is 7.07. The minimum absolute atomic E-state index is 0.0292. The number of rotatable bonds is 4. The van der Waals surface area contributed by atoms with Gasteiger partial charge in [-0.2, -0.15) is 0 Å². The van der Waals surface area contributed by atoms with Gasteiger partial charge in [-0.3, -0.25) is 4.98 Å². The Bertz CT molecular complexity index is 450. The van der Waals surface area contributed by atoms with Crippen LogP contribution in [0.4, 0.5) is 0 Å². The lowest BCUT2D eigenvalue weighted by Crippen LogP contribution is -2.37. The molecule has 0 amide bonds. The van der Waals surface area contributed by atoms with E-state index in [-0.39, 0.29) is 5.84 Å². The Hall–Kier alpha value is -1.66. The Balaban J connectivity index is 1.92. The van der Waals surface area contributed by atoms with Crippen molar-refractivity contribution < 1.29 is 9.94 Å². The number of hydrogen-bond acceptors (Lipinski definition) is 5. The van der Waals surface area contributed by atoms with E-state index < -0.39 is 0 Å². The minimum Gasteiger partial charge on any atom is -0.409 e. The van der Waals surface area contributed by atoms with Crippen LogP contribution in [0.3, 0.4) is 0 Å². The second kappa shape index (κ2) is 6.49. The molecule has 2 atom stereocenters. The summed E-state index contributed by atoms with van der Waals surface area (Å²) < 4.78 is 5.52. The highest BCUT2D eigenvalue weighted by atomic mass is 16.5. The summed E-state index contributed by atoms with van der Waals surface area (Å²) in [6, 6.07) is 4.22. The number of oxime groups is 1. The van der Waals surface area contributed by atoms with Gasteiger partial charge in [-0.25, -0.2) is 0 Å². The van der Waals surface area contributed by atoms with Crippen LogP contribution in [0.25, 0.3) is 0 Å². The molecule has 2 rings (SSSR count). The van der Waals surface area contributed by atoms with Gasteiger partial charge in [-0.05, 0) is 37.5 Å². The van der Waals surface area contributed by atoms with Crippen molar-refractivity contribution in [3.05, 3.63) is 29.6 Å². The van der Waals surface area contributed by atoms with E-state index in [0.29, 0.717) is 17.8 Å². The van der Waals surface area contributed by atoms with E-state index in [1.165, 1.54) is 0 Å². The van der Waals surface area contributed by atoms with Crippen LogP contribution < -0.4 is 11.1 Å². The summed E-state index contributed by atoms with van der Waals surface area (Å²) in [5.74, 6) is 0.0292. The van der Waals surface area contributed by atoms with Crippen LogP contribution in [-0.2, 0) is 11.3 Å². The molecule has 2 heterocycles. The van der Waals surface area contributed by atoms with Crippen molar-refractivity contribution in [3.8, 4) is 0 Å². The van der Waals surface area contributed by atoms with Gasteiger partial charge in [-0.1, -0.05) is 5.16 Å². The van der Waals surface area contributed by atoms with Gasteiger partial charge in [0.15, 0.2) is 5.84 Å². The third-order valence-corrected chi connectivity index (χ3v) is 3.27. The van der Waals surface area contributed by atoms with Gasteiger partial charge >= 0.3 is 0 Å². The van der Waals surface area contributed by atoms with E-state index in [2.05, 4.69) is 22.4 Å². The second-order valence-corrected chi connectivity index (χ2v) is 4.82. The van der Waals surface area contributed by atoms with Crippen LogP contribution in [0.2, 0.25) is 0 Å². The lowest BCUT2D eigenvalue weighted by molar-refractivity contribution is 0.0130. The first-order valence-electron chi connectivity index (χ1n) is 6.47. The molecule has 1 aliphatic rings. The summed E-state index contributed by atoms with van der Waals surface area (Å²) in [6.45, 7) is 3.65. The third-order valence-electron chi connectivity index (χ3n) is 3.27. The Labute approximate surface area is 112 Å². The summed E-state index contributed by atoms with van der Waals surface area (Å²) in [6.07, 6.45) is 4.04. The van der Waals surface area contributed by atoms with E-state index in [0.717, 1.165) is 31.6 Å². The van der Waals surface area contributed by atoms with Crippen LogP contribution in [0.1, 0.15) is 31.0 Å². The summed E-state index contributed by atoms with van der Waals surface area (Å²) in [5, 5.41) is 15.1. The Morgan fingerprint density at radius 2 is 2.53 bits per heavy atom. The maximum atomic E-state index is 8.64. The van der Waals surface area contributed by atoms with Crippen molar-refractivity contribution in [3.63, 3.8) is 0 Å². The van der Waals surface area contributed by atoms with Gasteiger partial charge in [-0.15, -0.1) is 0 Å². The van der Waals surface area contributed by atoms with Crippen LogP contribution in [-0.4, -0.2) is 34.8 Å². The summed E-state index contributed by atoms with van der Waals surface area (Å²) in [7, 11) is 0. The molecule has 1 saturated heterocycles. The normalized spacial score (nSPS) is 24.4. The first kappa shape index (κ1) is 13.8. The molecule has 1 fully saturated rings. The van der Waals surface area contributed by atoms with Crippen molar-refractivity contribution in [2.45, 2.75) is 38.5 Å². The van der Waals surface area contributed by atoms with Crippen molar-refractivity contribution in [2.24, 2.45) is 10.9 Å². The SMILES string of the molecule is CC1CC(NCc2ccnc(/C(N)=N/O)c2)CCO1. The predicted molar refractivity (Wildman–Crippen MR) is 72.0 cm³/mol. The smallest absolute Gasteiger partial charge is 0.188 e. The second-order valence-electron chi connectivity index (χ2n) is 4.82. The van der Waals surface area contributed by atoms with Crippen LogP contribution in [0.5, 0.6) is 0 Å². The molecule has 2 unspecified atom stereocenters. The summed E-state index contributed by atoms with van der Waals surface area (Å²) in [4.78, 5) is 4.05. The number of aromatic nitrogens is 1. The average molecular weight is 264 g/mol. The predicted octanol–water partition coefficient (Wildman–Crippen LogP) is 0.833. The van der Waals surface area contributed by atoms with E-state index in [1.54, 1.807) is 6.20 Å². The molecule has 0 aliphatic carbocycles. The fourth-order valence-corrected chi connectivity index (χ4v) is 2.22. The molecular formula is C13H20N4O2. The largest absolute Gasteiger partial charge is 0.409 e. The molecule has 19 heavy (non-hydrogen) atoms. The highest BCUT2D eigenvalue weighted by Gasteiger charge is 2.18. The van der Waals surface area contributed by atoms with Crippen LogP contribution in [0, 0.1) is 0 Å². The standard InChI is InChI=1S/C13H20N4O2/c1-9-6-11(3-5-19-9)16-8-10-2-4-15-12(7-10)13(14)17-18/h2,4,7,9,11,16,18H,3,5-6,8H2,1H3,(H2,14,17). The van der Waals surface area contributed by atoms with Gasteiger partial charge < -0.3 is 21.0 Å². The molecule has 0 saturated carbocycles. The monoisotopic (exact) mass is 264 g/mol. The number of ether oxygens (including phenoxy) is 1. The topological polar surface area (TPSA) is 92.8 Å². The van der Waals surface area contributed by atoms with Gasteiger partial charge in [0.1, 0.15) is 5.69 Å². The maximum Gasteiger partial charge on any atom is 0.188 e. The molecule has 1 aromatic rings. The molecule has 0 bridgehead atoms. The first-order chi connectivity index (χ1) is 9.19. The van der Waals surface area contributed by atoms with Crippen molar-refractivity contribution in [2.75, 3.05) is 6.61 Å². The zero-order valence-corrected chi connectivity index (χ0v) is 11.0.